The SMILES string of the molecule is O=C(NCCC1CC1)NC1CCN(Cc2ccccc2F)CC1. The number of carbonyl (C=O) groups excluding carboxylic acids is 1. The zero-order valence-electron chi connectivity index (χ0n) is 13.6. The number of nitrogens with zero attached hydrogens (tertiary/aromatic N) is 1. The molecule has 126 valence electrons. The average Bonchev–Trinajstić information content (AvgIpc) is 3.36. The Kier molecular flexibility index (Phi) is 5.49. The van der Waals surface area contributed by atoms with Crippen LogP contribution in [0.1, 0.15) is 37.7 Å². The summed E-state index contributed by atoms with van der Waals surface area (Å²) in [5.41, 5.74) is 0.747. The predicted molar refractivity (Wildman–Crippen MR) is 88.6 cm³/mol. The van der Waals surface area contributed by atoms with Crippen LogP contribution in [0.5, 0.6) is 0 Å². The number of rotatable bonds is 6. The van der Waals surface area contributed by atoms with Gasteiger partial charge in [0.15, 0.2) is 0 Å². The van der Waals surface area contributed by atoms with E-state index >= 15 is 0 Å². The molecule has 3 rings (SSSR count). The lowest BCUT2D eigenvalue weighted by atomic mass is 10.0. The van der Waals surface area contributed by atoms with Gasteiger partial charge in [0.2, 0.25) is 0 Å². The van der Waals surface area contributed by atoms with Gasteiger partial charge in [-0.05, 0) is 31.2 Å². The summed E-state index contributed by atoms with van der Waals surface area (Å²) in [6.45, 7) is 3.21. The van der Waals surface area contributed by atoms with Crippen molar-refractivity contribution in [3.8, 4) is 0 Å². The second kappa shape index (κ2) is 7.77. The average molecular weight is 319 g/mol. The van der Waals surface area contributed by atoms with Gasteiger partial charge in [-0.3, -0.25) is 4.90 Å². The number of hydrogen-bond acceptors (Lipinski definition) is 2. The van der Waals surface area contributed by atoms with Crippen molar-refractivity contribution in [2.24, 2.45) is 5.92 Å². The minimum Gasteiger partial charge on any atom is -0.338 e. The van der Waals surface area contributed by atoms with Crippen LogP contribution in [0, 0.1) is 11.7 Å². The normalized spacial score (nSPS) is 19.5. The summed E-state index contributed by atoms with van der Waals surface area (Å²) >= 11 is 0. The monoisotopic (exact) mass is 319 g/mol. The van der Waals surface area contributed by atoms with Crippen LogP contribution in [0.4, 0.5) is 9.18 Å². The van der Waals surface area contributed by atoms with E-state index in [1.54, 1.807) is 6.07 Å². The molecule has 2 aliphatic rings. The van der Waals surface area contributed by atoms with Crippen LogP contribution in [0.25, 0.3) is 0 Å². The predicted octanol–water partition coefficient (Wildman–Crippen LogP) is 2.89. The van der Waals surface area contributed by atoms with Crippen molar-refractivity contribution < 1.29 is 9.18 Å². The van der Waals surface area contributed by atoms with Crippen molar-refractivity contribution in [1.82, 2.24) is 15.5 Å². The van der Waals surface area contributed by atoms with Crippen molar-refractivity contribution in [3.63, 3.8) is 0 Å². The number of nitrogens with one attached hydrogen (secondary N) is 2. The Morgan fingerprint density at radius 1 is 1.17 bits per heavy atom. The van der Waals surface area contributed by atoms with Crippen molar-refractivity contribution in [3.05, 3.63) is 35.6 Å². The molecule has 1 heterocycles. The number of likely N-dealkylation sites (tertiary alicyclic amines) is 1. The number of halogens is 1. The van der Waals surface area contributed by atoms with Gasteiger partial charge in [0.05, 0.1) is 0 Å². The van der Waals surface area contributed by atoms with E-state index in [1.165, 1.54) is 18.9 Å². The number of urea groups is 1. The first-order chi connectivity index (χ1) is 11.2. The minimum atomic E-state index is -0.136. The van der Waals surface area contributed by atoms with Crippen LogP contribution in [-0.4, -0.2) is 36.6 Å². The fraction of sp³-hybridized carbons (Fsp3) is 0.611. The Morgan fingerprint density at radius 3 is 2.61 bits per heavy atom. The van der Waals surface area contributed by atoms with Crippen LogP contribution in [0.15, 0.2) is 24.3 Å². The zero-order valence-corrected chi connectivity index (χ0v) is 13.6. The van der Waals surface area contributed by atoms with Crippen LogP contribution in [0.2, 0.25) is 0 Å². The molecule has 2 N–H and O–H groups in total. The van der Waals surface area contributed by atoms with Crippen molar-refractivity contribution in [2.75, 3.05) is 19.6 Å². The van der Waals surface area contributed by atoms with Gasteiger partial charge in [-0.25, -0.2) is 9.18 Å². The molecule has 0 aromatic heterocycles. The van der Waals surface area contributed by atoms with Gasteiger partial charge in [-0.2, -0.15) is 0 Å². The largest absolute Gasteiger partial charge is 0.338 e. The molecular formula is C18H26FN3O. The molecule has 0 bridgehead atoms. The number of hydrogen-bond donors (Lipinski definition) is 2. The molecule has 1 saturated heterocycles. The molecule has 4 nitrogen and oxygen atoms in total. The first kappa shape index (κ1) is 16.2. The molecule has 23 heavy (non-hydrogen) atoms. The quantitative estimate of drug-likeness (QED) is 0.847. The molecule has 1 aromatic carbocycles. The summed E-state index contributed by atoms with van der Waals surface area (Å²) in [5.74, 6) is 0.708. The lowest BCUT2D eigenvalue weighted by Crippen LogP contribution is -2.47. The number of benzene rings is 1. The smallest absolute Gasteiger partial charge is 0.315 e. The molecule has 2 fully saturated rings. The number of amides is 2. The van der Waals surface area contributed by atoms with E-state index in [-0.39, 0.29) is 17.9 Å². The third-order valence-electron chi connectivity index (χ3n) is 4.81. The van der Waals surface area contributed by atoms with E-state index in [9.17, 15) is 9.18 Å². The summed E-state index contributed by atoms with van der Waals surface area (Å²) in [6.07, 6.45) is 5.59. The summed E-state index contributed by atoms with van der Waals surface area (Å²) in [4.78, 5) is 14.1. The fourth-order valence-corrected chi connectivity index (χ4v) is 3.14. The molecule has 0 radical (unpaired) electrons. The maximum Gasteiger partial charge on any atom is 0.315 e. The highest BCUT2D eigenvalue weighted by Crippen LogP contribution is 2.31. The standard InChI is InChI=1S/C18H26FN3O/c19-17-4-2-1-3-15(17)13-22-11-8-16(9-12-22)21-18(23)20-10-7-14-5-6-14/h1-4,14,16H,5-13H2,(H2,20,21,23). The highest BCUT2D eigenvalue weighted by molar-refractivity contribution is 5.74. The Labute approximate surface area is 137 Å². The van der Waals surface area contributed by atoms with Gasteiger partial charge in [0.25, 0.3) is 0 Å². The molecular weight excluding hydrogens is 293 g/mol. The zero-order chi connectivity index (χ0) is 16.1. The van der Waals surface area contributed by atoms with Gasteiger partial charge >= 0.3 is 6.03 Å². The van der Waals surface area contributed by atoms with E-state index in [0.717, 1.165) is 50.4 Å². The van der Waals surface area contributed by atoms with E-state index < -0.39 is 0 Å². The van der Waals surface area contributed by atoms with E-state index in [1.807, 2.05) is 12.1 Å². The molecule has 0 spiro atoms. The Bertz CT molecular complexity index is 525. The van der Waals surface area contributed by atoms with Crippen LogP contribution < -0.4 is 10.6 Å². The third-order valence-corrected chi connectivity index (χ3v) is 4.81. The molecule has 1 aliphatic carbocycles. The second-order valence-electron chi connectivity index (χ2n) is 6.77. The molecule has 1 saturated carbocycles. The first-order valence-electron chi connectivity index (χ1n) is 8.71. The Balaban J connectivity index is 1.34. The molecule has 1 aliphatic heterocycles. The first-order valence-corrected chi connectivity index (χ1v) is 8.71. The molecule has 0 unspecified atom stereocenters. The summed E-state index contributed by atoms with van der Waals surface area (Å²) < 4.78 is 13.7. The maximum atomic E-state index is 13.7. The van der Waals surface area contributed by atoms with Crippen LogP contribution in [0.3, 0.4) is 0 Å². The summed E-state index contributed by atoms with van der Waals surface area (Å²) in [7, 11) is 0. The van der Waals surface area contributed by atoms with Crippen molar-refractivity contribution in [1.29, 1.82) is 0 Å². The maximum absolute atomic E-state index is 13.7. The second-order valence-corrected chi connectivity index (χ2v) is 6.77. The lowest BCUT2D eigenvalue weighted by molar-refractivity contribution is 0.185. The minimum absolute atomic E-state index is 0.0433. The summed E-state index contributed by atoms with van der Waals surface area (Å²) in [5, 5.41) is 6.00. The molecule has 1 aromatic rings. The van der Waals surface area contributed by atoms with Crippen LogP contribution in [-0.2, 0) is 6.54 Å². The Morgan fingerprint density at radius 2 is 1.91 bits per heavy atom. The fourth-order valence-electron chi connectivity index (χ4n) is 3.14. The highest BCUT2D eigenvalue weighted by Gasteiger charge is 2.22. The lowest BCUT2D eigenvalue weighted by Gasteiger charge is -2.32. The summed E-state index contributed by atoms with van der Waals surface area (Å²) in [6, 6.07) is 7.13. The molecule has 0 atom stereocenters. The van der Waals surface area contributed by atoms with Crippen LogP contribution >= 0.6 is 0 Å². The van der Waals surface area contributed by atoms with Crippen molar-refractivity contribution >= 4 is 6.03 Å². The topological polar surface area (TPSA) is 44.4 Å². The van der Waals surface area contributed by atoms with Gasteiger partial charge < -0.3 is 10.6 Å². The third kappa shape index (κ3) is 5.20. The molecule has 2 amide bonds. The highest BCUT2D eigenvalue weighted by atomic mass is 19.1. The Hall–Kier alpha value is -1.62. The number of carbonyl (C=O) groups is 1. The molecule has 5 heteroatoms. The van der Waals surface area contributed by atoms with Crippen molar-refractivity contribution in [2.45, 2.75) is 44.7 Å². The van der Waals surface area contributed by atoms with E-state index in [0.29, 0.717) is 6.54 Å². The van der Waals surface area contributed by atoms with Gasteiger partial charge in [0.1, 0.15) is 5.82 Å². The van der Waals surface area contributed by atoms with Gasteiger partial charge in [-0.1, -0.05) is 31.0 Å². The van der Waals surface area contributed by atoms with Gasteiger partial charge in [-0.15, -0.1) is 0 Å². The van der Waals surface area contributed by atoms with E-state index in [2.05, 4.69) is 15.5 Å². The van der Waals surface area contributed by atoms with E-state index in [4.69, 9.17) is 0 Å². The number of piperidine rings is 1. The van der Waals surface area contributed by atoms with Gasteiger partial charge in [0, 0.05) is 37.8 Å².